The van der Waals surface area contributed by atoms with Gasteiger partial charge in [-0.05, 0) is 51.9 Å². The Balaban J connectivity index is 2.79. The molecule has 0 saturated heterocycles. The fourth-order valence-corrected chi connectivity index (χ4v) is 2.36. The standard InChI is InChI=1S/C15H23BrN2O/c1-9-6-11(16)14(12(17)7-9)18-13(19)8-10(2)15(3,4)5/h6-7,10H,8,17H2,1-5H3,(H,18,19). The first kappa shape index (κ1) is 16.0. The summed E-state index contributed by atoms with van der Waals surface area (Å²) in [7, 11) is 0. The monoisotopic (exact) mass is 326 g/mol. The van der Waals surface area contributed by atoms with Gasteiger partial charge in [0.25, 0.3) is 0 Å². The van der Waals surface area contributed by atoms with E-state index in [-0.39, 0.29) is 11.3 Å². The molecular weight excluding hydrogens is 304 g/mol. The van der Waals surface area contributed by atoms with Gasteiger partial charge in [0.15, 0.2) is 0 Å². The molecule has 1 amide bonds. The summed E-state index contributed by atoms with van der Waals surface area (Å²) < 4.78 is 0.821. The van der Waals surface area contributed by atoms with E-state index in [4.69, 9.17) is 5.73 Å². The largest absolute Gasteiger partial charge is 0.397 e. The zero-order chi connectivity index (χ0) is 14.8. The maximum absolute atomic E-state index is 12.1. The molecule has 1 aromatic rings. The van der Waals surface area contributed by atoms with E-state index >= 15 is 0 Å². The number of hydrogen-bond donors (Lipinski definition) is 2. The third kappa shape index (κ3) is 4.53. The number of rotatable bonds is 3. The average Bonchev–Trinajstić information content (AvgIpc) is 2.21. The van der Waals surface area contributed by atoms with Crippen molar-refractivity contribution in [1.82, 2.24) is 0 Å². The molecule has 0 aliphatic heterocycles. The summed E-state index contributed by atoms with van der Waals surface area (Å²) in [5.41, 5.74) is 8.37. The van der Waals surface area contributed by atoms with E-state index in [0.29, 0.717) is 23.7 Å². The van der Waals surface area contributed by atoms with Crippen LogP contribution in [0.3, 0.4) is 0 Å². The second-order valence-electron chi connectivity index (χ2n) is 6.23. The highest BCUT2D eigenvalue weighted by atomic mass is 79.9. The predicted octanol–water partition coefficient (Wildman–Crippen LogP) is 4.35. The third-order valence-corrected chi connectivity index (χ3v) is 4.12. The van der Waals surface area contributed by atoms with Gasteiger partial charge in [0.05, 0.1) is 11.4 Å². The number of carbonyl (C=O) groups excluding carboxylic acids is 1. The molecule has 19 heavy (non-hydrogen) atoms. The van der Waals surface area contributed by atoms with Crippen LogP contribution in [0.15, 0.2) is 16.6 Å². The van der Waals surface area contributed by atoms with Crippen LogP contribution in [0.2, 0.25) is 0 Å². The SMILES string of the molecule is Cc1cc(N)c(NC(=O)CC(C)C(C)(C)C)c(Br)c1. The van der Waals surface area contributed by atoms with Crippen molar-refractivity contribution >= 4 is 33.2 Å². The molecule has 4 heteroatoms. The van der Waals surface area contributed by atoms with E-state index < -0.39 is 0 Å². The molecule has 3 N–H and O–H groups in total. The number of nitrogen functional groups attached to an aromatic ring is 1. The minimum Gasteiger partial charge on any atom is -0.397 e. The van der Waals surface area contributed by atoms with Crippen LogP contribution < -0.4 is 11.1 Å². The lowest BCUT2D eigenvalue weighted by Gasteiger charge is -2.26. The maximum Gasteiger partial charge on any atom is 0.224 e. The highest BCUT2D eigenvalue weighted by molar-refractivity contribution is 9.10. The number of benzene rings is 1. The van der Waals surface area contributed by atoms with Crippen LogP contribution in [0.5, 0.6) is 0 Å². The summed E-state index contributed by atoms with van der Waals surface area (Å²) in [5.74, 6) is 0.302. The minimum atomic E-state index is -0.00122. The fraction of sp³-hybridized carbons (Fsp3) is 0.533. The summed E-state index contributed by atoms with van der Waals surface area (Å²) in [4.78, 5) is 12.1. The zero-order valence-corrected chi connectivity index (χ0v) is 13.9. The Labute approximate surface area is 124 Å². The number of amides is 1. The van der Waals surface area contributed by atoms with Gasteiger partial charge in [-0.1, -0.05) is 27.7 Å². The highest BCUT2D eigenvalue weighted by Crippen LogP contribution is 2.32. The summed E-state index contributed by atoms with van der Waals surface area (Å²) in [5, 5.41) is 2.90. The predicted molar refractivity (Wildman–Crippen MR) is 85.2 cm³/mol. The Kier molecular flexibility index (Phi) is 5.02. The molecule has 0 fully saturated rings. The van der Waals surface area contributed by atoms with Crippen LogP contribution in [0, 0.1) is 18.3 Å². The molecule has 1 unspecified atom stereocenters. The Morgan fingerprint density at radius 3 is 2.47 bits per heavy atom. The first-order chi connectivity index (χ1) is 8.61. The van der Waals surface area contributed by atoms with Gasteiger partial charge in [0.2, 0.25) is 5.91 Å². The van der Waals surface area contributed by atoms with Crippen LogP contribution in [-0.2, 0) is 4.79 Å². The number of hydrogen-bond acceptors (Lipinski definition) is 2. The summed E-state index contributed by atoms with van der Waals surface area (Å²) >= 11 is 3.44. The van der Waals surface area contributed by atoms with E-state index in [1.54, 1.807) is 0 Å². The number of anilines is 2. The summed E-state index contributed by atoms with van der Waals surface area (Å²) in [6.07, 6.45) is 0.489. The normalized spacial score (nSPS) is 13.2. The van der Waals surface area contributed by atoms with E-state index in [1.807, 2.05) is 19.1 Å². The van der Waals surface area contributed by atoms with Crippen LogP contribution in [0.4, 0.5) is 11.4 Å². The molecule has 0 spiro atoms. The quantitative estimate of drug-likeness (QED) is 0.811. The van der Waals surface area contributed by atoms with Crippen LogP contribution in [-0.4, -0.2) is 5.91 Å². The molecule has 0 heterocycles. The number of carbonyl (C=O) groups is 1. The van der Waals surface area contributed by atoms with Crippen molar-refractivity contribution in [3.63, 3.8) is 0 Å². The first-order valence-electron chi connectivity index (χ1n) is 6.46. The maximum atomic E-state index is 12.1. The van der Waals surface area contributed by atoms with Crippen LogP contribution in [0.1, 0.15) is 39.7 Å². The number of aryl methyl sites for hydroxylation is 1. The van der Waals surface area contributed by atoms with E-state index in [1.165, 1.54) is 0 Å². The molecule has 1 atom stereocenters. The second kappa shape index (κ2) is 5.95. The molecular formula is C15H23BrN2O. The molecule has 1 rings (SSSR count). The van der Waals surface area contributed by atoms with Crippen LogP contribution in [0.25, 0.3) is 0 Å². The smallest absolute Gasteiger partial charge is 0.224 e. The van der Waals surface area contributed by atoms with Gasteiger partial charge in [-0.15, -0.1) is 0 Å². The fourth-order valence-electron chi connectivity index (χ4n) is 1.68. The Bertz CT molecular complexity index is 455. The number of halogens is 1. The van der Waals surface area contributed by atoms with Crippen molar-refractivity contribution in [3.8, 4) is 0 Å². The van der Waals surface area contributed by atoms with Gasteiger partial charge in [0, 0.05) is 10.9 Å². The molecule has 1 aromatic carbocycles. The van der Waals surface area contributed by atoms with E-state index in [9.17, 15) is 4.79 Å². The topological polar surface area (TPSA) is 55.1 Å². The molecule has 0 aliphatic carbocycles. The molecule has 0 aliphatic rings. The zero-order valence-electron chi connectivity index (χ0n) is 12.3. The van der Waals surface area contributed by atoms with Gasteiger partial charge in [0.1, 0.15) is 0 Å². The first-order valence-corrected chi connectivity index (χ1v) is 7.26. The van der Waals surface area contributed by atoms with Crippen molar-refractivity contribution in [3.05, 3.63) is 22.2 Å². The van der Waals surface area contributed by atoms with Gasteiger partial charge in [-0.25, -0.2) is 0 Å². The lowest BCUT2D eigenvalue weighted by Crippen LogP contribution is -2.24. The third-order valence-electron chi connectivity index (χ3n) is 3.50. The summed E-state index contributed by atoms with van der Waals surface area (Å²) in [6, 6.07) is 3.80. The van der Waals surface area contributed by atoms with Gasteiger partial charge in [-0.2, -0.15) is 0 Å². The van der Waals surface area contributed by atoms with Gasteiger partial charge < -0.3 is 11.1 Å². The molecule has 0 saturated carbocycles. The average molecular weight is 327 g/mol. The van der Waals surface area contributed by atoms with Crippen LogP contribution >= 0.6 is 15.9 Å². The molecule has 0 bridgehead atoms. The summed E-state index contributed by atoms with van der Waals surface area (Å²) in [6.45, 7) is 10.5. The number of nitrogens with one attached hydrogen (secondary N) is 1. The Morgan fingerprint density at radius 1 is 1.42 bits per heavy atom. The van der Waals surface area contributed by atoms with Crippen molar-refractivity contribution in [2.75, 3.05) is 11.1 Å². The minimum absolute atomic E-state index is 0.00122. The van der Waals surface area contributed by atoms with Gasteiger partial charge >= 0.3 is 0 Å². The molecule has 0 aromatic heterocycles. The van der Waals surface area contributed by atoms with Crippen molar-refractivity contribution < 1.29 is 4.79 Å². The van der Waals surface area contributed by atoms with Gasteiger partial charge in [-0.3, -0.25) is 4.79 Å². The van der Waals surface area contributed by atoms with E-state index in [0.717, 1.165) is 10.0 Å². The molecule has 3 nitrogen and oxygen atoms in total. The lowest BCUT2D eigenvalue weighted by molar-refractivity contribution is -0.117. The lowest BCUT2D eigenvalue weighted by atomic mass is 9.80. The molecule has 106 valence electrons. The van der Waals surface area contributed by atoms with Crippen molar-refractivity contribution in [2.45, 2.75) is 41.0 Å². The van der Waals surface area contributed by atoms with Crippen molar-refractivity contribution in [1.29, 1.82) is 0 Å². The van der Waals surface area contributed by atoms with Crippen molar-refractivity contribution in [2.24, 2.45) is 11.3 Å². The highest BCUT2D eigenvalue weighted by Gasteiger charge is 2.23. The second-order valence-corrected chi connectivity index (χ2v) is 7.08. The molecule has 0 radical (unpaired) electrons. The van der Waals surface area contributed by atoms with E-state index in [2.05, 4.69) is 48.9 Å². The Morgan fingerprint density at radius 2 is 2.00 bits per heavy atom. The number of nitrogens with two attached hydrogens (primary N) is 1. The Hall–Kier alpha value is -1.03.